The summed E-state index contributed by atoms with van der Waals surface area (Å²) in [5.41, 5.74) is -2.42. The summed E-state index contributed by atoms with van der Waals surface area (Å²) < 4.78 is 77.3. The number of nitrogens with zero attached hydrogens (tertiary/aromatic N) is 1. The molecule has 0 bridgehead atoms. The first kappa shape index (κ1) is 18.9. The second kappa shape index (κ2) is 7.23. The minimum Gasteiger partial charge on any atom is -0.254 e. The lowest BCUT2D eigenvalue weighted by Crippen LogP contribution is -2.09. The summed E-state index contributed by atoms with van der Waals surface area (Å²) in [6.07, 6.45) is -8.11. The van der Waals surface area contributed by atoms with Gasteiger partial charge in [-0.05, 0) is 32.4 Å². The van der Waals surface area contributed by atoms with Crippen LogP contribution in [0, 0.1) is 11.2 Å². The van der Waals surface area contributed by atoms with Gasteiger partial charge < -0.3 is 0 Å². The Hall–Kier alpha value is -1.41. The normalized spacial score (nSPS) is 11.8. The van der Waals surface area contributed by atoms with E-state index in [0.29, 0.717) is 0 Å². The van der Waals surface area contributed by atoms with Gasteiger partial charge in [0.25, 0.3) is 0 Å². The second-order valence-electron chi connectivity index (χ2n) is 4.50. The largest absolute Gasteiger partial charge is 0.418 e. The number of benzene rings is 1. The van der Waals surface area contributed by atoms with Crippen molar-refractivity contribution in [3.05, 3.63) is 53.2 Å². The van der Waals surface area contributed by atoms with Gasteiger partial charge in [-0.2, -0.15) is 26.3 Å². The van der Waals surface area contributed by atoms with E-state index in [9.17, 15) is 26.3 Å². The third-order valence-electron chi connectivity index (χ3n) is 2.91. The fourth-order valence-corrected chi connectivity index (χ4v) is 2.36. The molecule has 2 rings (SSSR count). The van der Waals surface area contributed by atoms with Crippen molar-refractivity contribution in [3.8, 4) is 22.4 Å². The predicted octanol–water partition coefficient (Wildman–Crippen LogP) is 6.18. The van der Waals surface area contributed by atoms with Crippen molar-refractivity contribution in [2.75, 3.05) is 0 Å². The van der Waals surface area contributed by atoms with Gasteiger partial charge in [-0.25, -0.2) is 0 Å². The Kier molecular flexibility index (Phi) is 5.70. The van der Waals surface area contributed by atoms with Gasteiger partial charge >= 0.3 is 12.4 Å². The summed E-state index contributed by atoms with van der Waals surface area (Å²) in [7, 11) is 1.11. The lowest BCUT2D eigenvalue weighted by atomic mass is 10.0. The van der Waals surface area contributed by atoms with E-state index < -0.39 is 29.2 Å². The Labute approximate surface area is 149 Å². The summed E-state index contributed by atoms with van der Waals surface area (Å²) in [5, 5.41) is 2.55. The van der Waals surface area contributed by atoms with Crippen LogP contribution in [0.25, 0.3) is 11.3 Å². The zero-order valence-corrected chi connectivity index (χ0v) is 14.4. The maximum Gasteiger partial charge on any atom is 0.418 e. The molecule has 1 aromatic carbocycles. The van der Waals surface area contributed by atoms with Gasteiger partial charge in [0.1, 0.15) is 0 Å². The van der Waals surface area contributed by atoms with Crippen molar-refractivity contribution in [1.29, 1.82) is 0 Å². The van der Waals surface area contributed by atoms with E-state index in [2.05, 4.69) is 16.2 Å². The molecule has 2 aromatic rings. The number of pyridine rings is 1. The maximum atomic E-state index is 13.2. The van der Waals surface area contributed by atoms with Crippen LogP contribution in [0.2, 0.25) is 0 Å². The average Bonchev–Trinajstić information content (AvgIpc) is 2.51. The van der Waals surface area contributed by atoms with Crippen LogP contribution in [0.3, 0.4) is 0 Å². The van der Waals surface area contributed by atoms with Gasteiger partial charge in [-0.3, -0.25) is 4.98 Å². The molecule has 0 saturated carbocycles. The second-order valence-corrected chi connectivity index (χ2v) is 6.18. The van der Waals surface area contributed by atoms with Crippen LogP contribution in [0.5, 0.6) is 0 Å². The average molecular weight is 473 g/mol. The lowest BCUT2D eigenvalue weighted by Gasteiger charge is -2.13. The first-order valence-electron chi connectivity index (χ1n) is 6.16. The molecule has 1 nitrogen and oxygen atoms in total. The molecule has 0 aliphatic heterocycles. The third-order valence-corrected chi connectivity index (χ3v) is 3.75. The Bertz CT molecular complexity index is 787. The third kappa shape index (κ3) is 4.57. The zero-order valence-electron chi connectivity index (χ0n) is 11.5. The van der Waals surface area contributed by atoms with Crippen LogP contribution in [-0.4, -0.2) is 4.98 Å². The topological polar surface area (TPSA) is 12.9 Å². The van der Waals surface area contributed by atoms with Gasteiger partial charge in [0.15, 0.2) is 0 Å². The van der Waals surface area contributed by atoms with Crippen LogP contribution < -0.4 is 0 Å². The molecule has 0 saturated heterocycles. The molecule has 1 heterocycles. The molecule has 9 heteroatoms. The number of hydrogen-bond acceptors (Lipinski definition) is 2. The van der Waals surface area contributed by atoms with E-state index in [0.717, 1.165) is 45.5 Å². The van der Waals surface area contributed by atoms with Gasteiger partial charge in [0, 0.05) is 38.5 Å². The number of aromatic nitrogens is 1. The fraction of sp³-hybridized carbons (Fsp3) is 0.133. The SMILES string of the molecule is FC(F)(F)c1ccc(-c2ncc(C#CSI)cc2C(F)(F)F)cc1. The first-order valence-corrected chi connectivity index (χ1v) is 9.52. The highest BCUT2D eigenvalue weighted by atomic mass is 127. The van der Waals surface area contributed by atoms with Gasteiger partial charge in [0.05, 0.1) is 16.8 Å². The van der Waals surface area contributed by atoms with Crippen LogP contribution in [0.4, 0.5) is 26.3 Å². The Morgan fingerprint density at radius 1 is 0.958 bits per heavy atom. The molecule has 0 spiro atoms. The van der Waals surface area contributed by atoms with Crippen LogP contribution in [0.15, 0.2) is 36.5 Å². The van der Waals surface area contributed by atoms with Gasteiger partial charge in [-0.1, -0.05) is 18.1 Å². The molecule has 0 aliphatic carbocycles. The fourth-order valence-electron chi connectivity index (χ4n) is 1.87. The number of rotatable bonds is 1. The van der Waals surface area contributed by atoms with Crippen molar-refractivity contribution in [1.82, 2.24) is 4.98 Å². The minimum absolute atomic E-state index is 0.0573. The molecule has 1 aromatic heterocycles. The van der Waals surface area contributed by atoms with E-state index in [1.807, 2.05) is 21.2 Å². The van der Waals surface area contributed by atoms with Crippen molar-refractivity contribution in [2.45, 2.75) is 12.4 Å². The van der Waals surface area contributed by atoms with Gasteiger partial charge in [0.2, 0.25) is 0 Å². The maximum absolute atomic E-state index is 13.2. The molecule has 0 amide bonds. The van der Waals surface area contributed by atoms with Crippen molar-refractivity contribution >= 4 is 30.1 Å². The van der Waals surface area contributed by atoms with E-state index in [-0.39, 0.29) is 11.1 Å². The number of halogens is 7. The molecule has 0 unspecified atom stereocenters. The minimum atomic E-state index is -4.71. The van der Waals surface area contributed by atoms with Crippen molar-refractivity contribution < 1.29 is 26.3 Å². The number of hydrogen-bond donors (Lipinski definition) is 0. The molecule has 0 atom stereocenters. The summed E-state index contributed by atoms with van der Waals surface area (Å²) in [5.74, 6) is 2.51. The zero-order chi connectivity index (χ0) is 18.0. The molecule has 0 fully saturated rings. The lowest BCUT2D eigenvalue weighted by molar-refractivity contribution is -0.138. The monoisotopic (exact) mass is 473 g/mol. The molecule has 0 aliphatic rings. The Morgan fingerprint density at radius 3 is 2.08 bits per heavy atom. The van der Waals surface area contributed by atoms with E-state index in [4.69, 9.17) is 0 Å². The number of alkyl halides is 6. The highest BCUT2D eigenvalue weighted by Crippen LogP contribution is 2.37. The predicted molar refractivity (Wildman–Crippen MR) is 88.2 cm³/mol. The Morgan fingerprint density at radius 2 is 1.58 bits per heavy atom. The summed E-state index contributed by atoms with van der Waals surface area (Å²) >= 11 is 1.87. The van der Waals surface area contributed by atoms with Gasteiger partial charge in [-0.15, -0.1) is 0 Å². The van der Waals surface area contributed by atoms with Crippen molar-refractivity contribution in [3.63, 3.8) is 0 Å². The quantitative estimate of drug-likeness (QED) is 0.279. The molecule has 126 valence electrons. The highest BCUT2D eigenvalue weighted by molar-refractivity contribution is 14.2. The molecule has 0 N–H and O–H groups in total. The van der Waals surface area contributed by atoms with Crippen molar-refractivity contribution in [2.24, 2.45) is 0 Å². The van der Waals surface area contributed by atoms with E-state index in [1.165, 1.54) is 0 Å². The van der Waals surface area contributed by atoms with Crippen LogP contribution in [0.1, 0.15) is 16.7 Å². The standard InChI is InChI=1S/C15H6F6INS/c16-14(17,18)11-3-1-10(2-4-11)13-12(15(19,20)21)7-9(8-23-13)5-6-24-22/h1-4,7-8H. The molecule has 0 radical (unpaired) electrons. The molecule has 24 heavy (non-hydrogen) atoms. The van der Waals surface area contributed by atoms with E-state index >= 15 is 0 Å². The first-order chi connectivity index (χ1) is 11.1. The summed E-state index contributed by atoms with van der Waals surface area (Å²) in [4.78, 5) is 3.74. The molecular formula is C15H6F6INS. The summed E-state index contributed by atoms with van der Waals surface area (Å²) in [6.45, 7) is 0. The highest BCUT2D eigenvalue weighted by Gasteiger charge is 2.35. The Balaban J connectivity index is 2.53. The van der Waals surface area contributed by atoms with Crippen LogP contribution >= 0.6 is 30.1 Å². The summed E-state index contributed by atoms with van der Waals surface area (Å²) in [6, 6.07) is 4.20. The van der Waals surface area contributed by atoms with Crippen LogP contribution in [-0.2, 0) is 12.4 Å². The van der Waals surface area contributed by atoms with E-state index in [1.54, 1.807) is 0 Å². The molecular weight excluding hydrogens is 467 g/mol. The smallest absolute Gasteiger partial charge is 0.254 e.